The Morgan fingerprint density at radius 2 is 1.50 bits per heavy atom. The average Bonchev–Trinajstić information content (AvgIpc) is 1.86. The summed E-state index contributed by atoms with van der Waals surface area (Å²) in [7, 11) is -0.806. The van der Waals surface area contributed by atoms with Gasteiger partial charge in [-0.1, -0.05) is 18.2 Å². The molecule has 1 N–H and O–H groups in total. The van der Waals surface area contributed by atoms with Crippen molar-refractivity contribution in [3.63, 3.8) is 0 Å². The van der Waals surface area contributed by atoms with Gasteiger partial charge in [0.25, 0.3) is 0 Å². The Bertz CT molecular complexity index is 250. The molecule has 12 heavy (non-hydrogen) atoms. The summed E-state index contributed by atoms with van der Waals surface area (Å²) in [5.41, 5.74) is 1.44. The van der Waals surface area contributed by atoms with Crippen molar-refractivity contribution >= 4 is 12.6 Å². The molecule has 68 valence electrons. The lowest BCUT2D eigenvalue weighted by atomic mass is 10.2. The molecule has 1 aromatic rings. The van der Waals surface area contributed by atoms with Gasteiger partial charge in [-0.05, 0) is 18.6 Å². The van der Waals surface area contributed by atoms with Gasteiger partial charge in [-0.3, -0.25) is 0 Å². The van der Waals surface area contributed by atoms with Gasteiger partial charge in [0.1, 0.15) is 0 Å². The van der Waals surface area contributed by atoms with Crippen molar-refractivity contribution in [3.05, 3.63) is 29.8 Å². The molecule has 0 fully saturated rings. The van der Waals surface area contributed by atoms with Gasteiger partial charge in [-0.25, -0.2) is 0 Å². The molecule has 0 bridgehead atoms. The van der Waals surface area contributed by atoms with Crippen LogP contribution in [0.25, 0.3) is 0 Å². The maximum atomic E-state index is 2.36. The van der Waals surface area contributed by atoms with E-state index in [1.165, 1.54) is 5.56 Å². The summed E-state index contributed by atoms with van der Waals surface area (Å²) >= 11 is 0. The molecule has 0 unspecified atom stereocenters. The molecule has 1 aromatic carbocycles. The van der Waals surface area contributed by atoms with Crippen molar-refractivity contribution in [2.75, 3.05) is 20.0 Å². The molecular formula is C10H17OP. The lowest BCUT2D eigenvalue weighted by Crippen LogP contribution is -2.10. The fourth-order valence-corrected chi connectivity index (χ4v) is 2.98. The number of benzene rings is 1. The largest absolute Gasteiger partial charge is 0.870 e. The van der Waals surface area contributed by atoms with E-state index in [9.17, 15) is 0 Å². The number of hydrogen-bond acceptors (Lipinski definition) is 1. The zero-order chi connectivity index (χ0) is 8.48. The van der Waals surface area contributed by atoms with E-state index in [1.54, 1.807) is 5.30 Å². The lowest BCUT2D eigenvalue weighted by molar-refractivity contribution is 0.824. The van der Waals surface area contributed by atoms with Gasteiger partial charge in [0.2, 0.25) is 0 Å². The molecule has 1 rings (SSSR count). The lowest BCUT2D eigenvalue weighted by Gasteiger charge is -2.13. The van der Waals surface area contributed by atoms with Crippen molar-refractivity contribution in [2.45, 2.75) is 6.92 Å². The quantitative estimate of drug-likeness (QED) is 0.616. The van der Waals surface area contributed by atoms with Gasteiger partial charge in [0, 0.05) is 7.26 Å². The average molecular weight is 184 g/mol. The van der Waals surface area contributed by atoms with Crippen LogP contribution in [0.2, 0.25) is 0 Å². The van der Waals surface area contributed by atoms with Crippen LogP contribution in [0.4, 0.5) is 0 Å². The first-order valence-corrected chi connectivity index (χ1v) is 7.02. The number of hydrogen-bond donors (Lipinski definition) is 0. The van der Waals surface area contributed by atoms with Gasteiger partial charge in [-0.2, -0.15) is 0 Å². The zero-order valence-electron chi connectivity index (χ0n) is 8.20. The van der Waals surface area contributed by atoms with E-state index in [4.69, 9.17) is 0 Å². The highest BCUT2D eigenvalue weighted by molar-refractivity contribution is 7.81. The second kappa shape index (κ2) is 4.02. The van der Waals surface area contributed by atoms with Gasteiger partial charge >= 0.3 is 0 Å². The molecule has 0 spiro atoms. The van der Waals surface area contributed by atoms with Crippen LogP contribution in [-0.2, 0) is 0 Å². The van der Waals surface area contributed by atoms with Crippen molar-refractivity contribution in [1.82, 2.24) is 0 Å². The van der Waals surface area contributed by atoms with E-state index >= 15 is 0 Å². The Balaban J connectivity index is 0.00000121. The summed E-state index contributed by atoms with van der Waals surface area (Å²) in [6.45, 7) is 9.26. The third kappa shape index (κ3) is 2.58. The molecule has 0 aliphatic carbocycles. The highest BCUT2D eigenvalue weighted by atomic mass is 31.2. The fourth-order valence-electron chi connectivity index (χ4n) is 1.32. The van der Waals surface area contributed by atoms with Crippen LogP contribution in [0, 0.1) is 6.92 Å². The highest BCUT2D eigenvalue weighted by Gasteiger charge is 2.22. The summed E-state index contributed by atoms with van der Waals surface area (Å²) < 4.78 is 0. The maximum absolute atomic E-state index is 2.36. The standard InChI is InChI=1S/C10H16P.H2O/c1-9-7-5-6-8-10(9)11(2,3)4;/h5-8H,1-4H3;1H2/q+1;/p-1. The van der Waals surface area contributed by atoms with Crippen LogP contribution in [0.5, 0.6) is 0 Å². The Kier molecular flexibility index (Phi) is 3.89. The van der Waals surface area contributed by atoms with E-state index in [0.717, 1.165) is 0 Å². The molecule has 0 radical (unpaired) electrons. The zero-order valence-corrected chi connectivity index (χ0v) is 9.10. The van der Waals surface area contributed by atoms with Crippen molar-refractivity contribution in [2.24, 2.45) is 0 Å². The predicted molar refractivity (Wildman–Crippen MR) is 57.4 cm³/mol. The molecule has 0 aliphatic heterocycles. The first-order valence-electron chi connectivity index (χ1n) is 3.89. The summed E-state index contributed by atoms with van der Waals surface area (Å²) in [5, 5.41) is 1.56. The molecule has 1 nitrogen and oxygen atoms in total. The molecule has 0 amide bonds. The first kappa shape index (κ1) is 11.6. The molecular weight excluding hydrogens is 167 g/mol. The second-order valence-corrected chi connectivity index (χ2v) is 8.31. The Morgan fingerprint density at radius 3 is 1.83 bits per heavy atom. The van der Waals surface area contributed by atoms with Crippen LogP contribution < -0.4 is 5.30 Å². The normalized spacial score (nSPS) is 10.7. The van der Waals surface area contributed by atoms with E-state index < -0.39 is 7.26 Å². The Labute approximate surface area is 75.5 Å². The molecule has 0 aromatic heterocycles. The van der Waals surface area contributed by atoms with Crippen molar-refractivity contribution in [3.8, 4) is 0 Å². The van der Waals surface area contributed by atoms with Crippen LogP contribution in [0.1, 0.15) is 5.56 Å². The minimum absolute atomic E-state index is 0. The Hall–Kier alpha value is -0.390. The summed E-state index contributed by atoms with van der Waals surface area (Å²) in [5.74, 6) is 0. The first-order chi connectivity index (χ1) is 5.02. The topological polar surface area (TPSA) is 30.0 Å². The summed E-state index contributed by atoms with van der Waals surface area (Å²) in [4.78, 5) is 0. The van der Waals surface area contributed by atoms with E-state index in [1.807, 2.05) is 0 Å². The Morgan fingerprint density at radius 1 is 1.00 bits per heavy atom. The van der Waals surface area contributed by atoms with E-state index in [2.05, 4.69) is 51.2 Å². The van der Waals surface area contributed by atoms with Crippen molar-refractivity contribution in [1.29, 1.82) is 0 Å². The molecule has 0 aliphatic rings. The smallest absolute Gasteiger partial charge is 0.0959 e. The molecule has 0 saturated heterocycles. The second-order valence-electron chi connectivity index (χ2n) is 3.80. The molecule has 0 heterocycles. The van der Waals surface area contributed by atoms with Gasteiger partial charge in [-0.15, -0.1) is 0 Å². The van der Waals surface area contributed by atoms with Crippen LogP contribution in [-0.4, -0.2) is 25.5 Å². The minimum Gasteiger partial charge on any atom is -0.870 e. The highest BCUT2D eigenvalue weighted by Crippen LogP contribution is 2.45. The number of rotatable bonds is 1. The third-order valence-corrected chi connectivity index (χ3v) is 3.79. The SMILES string of the molecule is Cc1ccccc1[P+](C)(C)C.[OH-]. The van der Waals surface area contributed by atoms with E-state index in [0.29, 0.717) is 0 Å². The third-order valence-electron chi connectivity index (χ3n) is 1.84. The van der Waals surface area contributed by atoms with Crippen molar-refractivity contribution < 1.29 is 5.48 Å². The maximum Gasteiger partial charge on any atom is 0.0959 e. The van der Waals surface area contributed by atoms with Gasteiger partial charge in [0.15, 0.2) is 0 Å². The molecule has 2 heteroatoms. The molecule has 0 atom stereocenters. The fraction of sp³-hybridized carbons (Fsp3) is 0.400. The minimum atomic E-state index is -0.806. The van der Waals surface area contributed by atoms with Crippen LogP contribution in [0.3, 0.4) is 0 Å². The predicted octanol–water partition coefficient (Wildman–Crippen LogP) is 2.35. The van der Waals surface area contributed by atoms with E-state index in [-0.39, 0.29) is 5.48 Å². The number of aryl methyl sites for hydroxylation is 1. The summed E-state index contributed by atoms with van der Waals surface area (Å²) in [6.07, 6.45) is 0. The van der Waals surface area contributed by atoms with Gasteiger partial charge in [0.05, 0.1) is 25.3 Å². The summed E-state index contributed by atoms with van der Waals surface area (Å²) in [6, 6.07) is 8.69. The molecule has 0 saturated carbocycles. The van der Waals surface area contributed by atoms with Gasteiger partial charge < -0.3 is 5.48 Å². The monoisotopic (exact) mass is 184 g/mol. The van der Waals surface area contributed by atoms with Crippen LogP contribution >= 0.6 is 7.26 Å². The van der Waals surface area contributed by atoms with Crippen LogP contribution in [0.15, 0.2) is 24.3 Å².